The fraction of sp³-hybridized carbons (Fsp3) is 0.500. The monoisotopic (exact) mass is 249 g/mol. The lowest BCUT2D eigenvalue weighted by Crippen LogP contribution is -2.50. The van der Waals surface area contributed by atoms with Gasteiger partial charge in [-0.15, -0.1) is 0 Å². The largest absolute Gasteiger partial charge is 0.480 e. The van der Waals surface area contributed by atoms with Gasteiger partial charge in [0.05, 0.1) is 0 Å². The van der Waals surface area contributed by atoms with Gasteiger partial charge >= 0.3 is 5.97 Å². The van der Waals surface area contributed by atoms with Gasteiger partial charge in [-0.1, -0.05) is 25.1 Å². The van der Waals surface area contributed by atoms with Crippen LogP contribution >= 0.6 is 0 Å². The van der Waals surface area contributed by atoms with Crippen LogP contribution in [0.1, 0.15) is 25.3 Å². The summed E-state index contributed by atoms with van der Waals surface area (Å²) in [6.07, 6.45) is 1.89. The van der Waals surface area contributed by atoms with Gasteiger partial charge in [-0.05, 0) is 18.1 Å². The first-order chi connectivity index (χ1) is 8.68. The van der Waals surface area contributed by atoms with Crippen LogP contribution in [-0.4, -0.2) is 29.8 Å². The van der Waals surface area contributed by atoms with Gasteiger partial charge in [-0.25, -0.2) is 4.79 Å². The van der Waals surface area contributed by atoms with Crippen molar-refractivity contribution in [3.8, 4) is 0 Å². The molecule has 0 radical (unpaired) electrons. The number of aryl methyl sites for hydroxylation is 1. The average Bonchev–Trinajstić information content (AvgIpc) is 2.40. The molecule has 0 aliphatic carbocycles. The Balaban J connectivity index is 2.26. The van der Waals surface area contributed by atoms with Gasteiger partial charge in [0.1, 0.15) is 5.54 Å². The zero-order chi connectivity index (χ0) is 13.0. The van der Waals surface area contributed by atoms with Crippen molar-refractivity contribution in [3.63, 3.8) is 0 Å². The molecule has 98 valence electrons. The summed E-state index contributed by atoms with van der Waals surface area (Å²) in [7, 11) is 0. The van der Waals surface area contributed by atoms with Gasteiger partial charge in [0, 0.05) is 31.7 Å². The molecule has 0 bridgehead atoms. The molecule has 0 amide bonds. The smallest absolute Gasteiger partial charge is 0.329 e. The molecule has 0 saturated carbocycles. The highest BCUT2D eigenvalue weighted by Crippen LogP contribution is 2.28. The summed E-state index contributed by atoms with van der Waals surface area (Å²) < 4.78 is 5.27. The Kier molecular flexibility index (Phi) is 3.87. The Bertz CT molecular complexity index is 425. The Labute approximate surface area is 107 Å². The van der Waals surface area contributed by atoms with E-state index in [1.165, 1.54) is 0 Å². The van der Waals surface area contributed by atoms with Crippen LogP contribution in [0, 0.1) is 0 Å². The van der Waals surface area contributed by atoms with E-state index < -0.39 is 11.5 Å². The molecule has 0 spiro atoms. The number of para-hydroxylation sites is 1. The van der Waals surface area contributed by atoms with Gasteiger partial charge in [-0.3, -0.25) is 0 Å². The highest BCUT2D eigenvalue weighted by atomic mass is 16.5. The van der Waals surface area contributed by atoms with Crippen molar-refractivity contribution in [2.75, 3.05) is 18.5 Å². The molecule has 2 rings (SSSR count). The summed E-state index contributed by atoms with van der Waals surface area (Å²) in [6, 6.07) is 7.87. The van der Waals surface area contributed by atoms with E-state index in [-0.39, 0.29) is 0 Å². The third-order valence-electron chi connectivity index (χ3n) is 3.53. The molecule has 1 heterocycles. The number of aliphatic carboxylic acids is 1. The minimum atomic E-state index is -0.885. The Morgan fingerprint density at radius 2 is 2.06 bits per heavy atom. The first-order valence-corrected chi connectivity index (χ1v) is 6.35. The molecule has 1 aliphatic heterocycles. The van der Waals surface area contributed by atoms with E-state index in [9.17, 15) is 9.90 Å². The van der Waals surface area contributed by atoms with Crippen LogP contribution in [0.2, 0.25) is 0 Å². The van der Waals surface area contributed by atoms with Gasteiger partial charge < -0.3 is 15.2 Å². The topological polar surface area (TPSA) is 58.6 Å². The standard InChI is InChI=1S/C14H19NO3/c1-2-11-5-3-4-6-12(11)15-14(13(16)17)7-9-18-10-8-14/h3-6,15H,2,7-10H2,1H3,(H,16,17). The van der Waals surface area contributed by atoms with E-state index in [4.69, 9.17) is 4.74 Å². The Morgan fingerprint density at radius 3 is 2.67 bits per heavy atom. The molecule has 0 atom stereocenters. The third-order valence-corrected chi connectivity index (χ3v) is 3.53. The molecule has 1 aromatic rings. The van der Waals surface area contributed by atoms with E-state index in [1.54, 1.807) is 0 Å². The van der Waals surface area contributed by atoms with Gasteiger partial charge in [0.15, 0.2) is 0 Å². The number of rotatable bonds is 4. The predicted molar refractivity (Wildman–Crippen MR) is 69.9 cm³/mol. The maximum absolute atomic E-state index is 11.6. The van der Waals surface area contributed by atoms with E-state index in [0.29, 0.717) is 26.1 Å². The molecule has 1 aromatic carbocycles. The van der Waals surface area contributed by atoms with Gasteiger partial charge in [0.25, 0.3) is 0 Å². The first kappa shape index (κ1) is 12.9. The second kappa shape index (κ2) is 5.40. The summed E-state index contributed by atoms with van der Waals surface area (Å²) in [6.45, 7) is 3.05. The molecule has 4 heteroatoms. The molecule has 1 fully saturated rings. The quantitative estimate of drug-likeness (QED) is 0.859. The molecule has 1 saturated heterocycles. The maximum Gasteiger partial charge on any atom is 0.329 e. The van der Waals surface area contributed by atoms with Crippen LogP contribution in [0.5, 0.6) is 0 Å². The van der Waals surface area contributed by atoms with Crippen LogP contribution in [0.15, 0.2) is 24.3 Å². The molecule has 4 nitrogen and oxygen atoms in total. The minimum Gasteiger partial charge on any atom is -0.480 e. The Hall–Kier alpha value is -1.55. The van der Waals surface area contributed by atoms with E-state index >= 15 is 0 Å². The van der Waals surface area contributed by atoms with Crippen LogP contribution in [0.4, 0.5) is 5.69 Å². The summed E-state index contributed by atoms with van der Waals surface area (Å²) in [4.78, 5) is 11.6. The van der Waals surface area contributed by atoms with Crippen molar-refractivity contribution >= 4 is 11.7 Å². The molecular weight excluding hydrogens is 230 g/mol. The summed E-state index contributed by atoms with van der Waals surface area (Å²) >= 11 is 0. The fourth-order valence-electron chi connectivity index (χ4n) is 2.32. The lowest BCUT2D eigenvalue weighted by molar-refractivity contribution is -0.145. The van der Waals surface area contributed by atoms with Crippen molar-refractivity contribution in [2.24, 2.45) is 0 Å². The van der Waals surface area contributed by atoms with Crippen LogP contribution in [0.25, 0.3) is 0 Å². The SMILES string of the molecule is CCc1ccccc1NC1(C(=O)O)CCOCC1. The predicted octanol–water partition coefficient (Wildman–Crippen LogP) is 2.29. The van der Waals surface area contributed by atoms with Gasteiger partial charge in [0.2, 0.25) is 0 Å². The molecule has 0 aromatic heterocycles. The zero-order valence-electron chi connectivity index (χ0n) is 10.6. The minimum absolute atomic E-state index is 0.494. The van der Waals surface area contributed by atoms with Crippen molar-refractivity contribution < 1.29 is 14.6 Å². The second-order valence-electron chi connectivity index (χ2n) is 4.64. The molecule has 1 aliphatic rings. The zero-order valence-corrected chi connectivity index (χ0v) is 10.6. The van der Waals surface area contributed by atoms with Crippen LogP contribution in [-0.2, 0) is 16.0 Å². The maximum atomic E-state index is 11.6. The number of benzene rings is 1. The second-order valence-corrected chi connectivity index (χ2v) is 4.64. The highest BCUT2D eigenvalue weighted by molar-refractivity contribution is 5.83. The number of hydrogen-bond acceptors (Lipinski definition) is 3. The molecule has 0 unspecified atom stereocenters. The van der Waals surface area contributed by atoms with Crippen LogP contribution < -0.4 is 5.32 Å². The van der Waals surface area contributed by atoms with E-state index in [1.807, 2.05) is 24.3 Å². The van der Waals surface area contributed by atoms with Crippen molar-refractivity contribution in [1.82, 2.24) is 0 Å². The van der Waals surface area contributed by atoms with E-state index in [0.717, 1.165) is 17.7 Å². The Morgan fingerprint density at radius 1 is 1.39 bits per heavy atom. The molecule has 2 N–H and O–H groups in total. The number of ether oxygens (including phenoxy) is 1. The lowest BCUT2D eigenvalue weighted by atomic mass is 9.89. The number of carboxylic acids is 1. The van der Waals surface area contributed by atoms with Crippen molar-refractivity contribution in [2.45, 2.75) is 31.7 Å². The third kappa shape index (κ3) is 2.48. The van der Waals surface area contributed by atoms with E-state index in [2.05, 4.69) is 12.2 Å². The summed E-state index contributed by atoms with van der Waals surface area (Å²) in [5.74, 6) is -0.795. The molecule has 18 heavy (non-hydrogen) atoms. The summed E-state index contributed by atoms with van der Waals surface area (Å²) in [5, 5.41) is 12.7. The first-order valence-electron chi connectivity index (χ1n) is 6.35. The number of carboxylic acid groups (broad SMARTS) is 1. The average molecular weight is 249 g/mol. The van der Waals surface area contributed by atoms with Crippen molar-refractivity contribution in [3.05, 3.63) is 29.8 Å². The lowest BCUT2D eigenvalue weighted by Gasteiger charge is -2.35. The normalized spacial score (nSPS) is 18.3. The van der Waals surface area contributed by atoms with Crippen molar-refractivity contribution in [1.29, 1.82) is 0 Å². The van der Waals surface area contributed by atoms with Crippen LogP contribution in [0.3, 0.4) is 0 Å². The van der Waals surface area contributed by atoms with Gasteiger partial charge in [-0.2, -0.15) is 0 Å². The molecular formula is C14H19NO3. The number of carbonyl (C=O) groups is 1. The fourth-order valence-corrected chi connectivity index (χ4v) is 2.32. The number of nitrogens with one attached hydrogen (secondary N) is 1. The number of anilines is 1. The highest BCUT2D eigenvalue weighted by Gasteiger charge is 2.40. The number of hydrogen-bond donors (Lipinski definition) is 2. The summed E-state index contributed by atoms with van der Waals surface area (Å²) in [5.41, 5.74) is 1.18.